The minimum absolute atomic E-state index is 0.412. The molecule has 1 aromatic carbocycles. The summed E-state index contributed by atoms with van der Waals surface area (Å²) in [6.07, 6.45) is 3.74. The molecule has 32 heavy (non-hydrogen) atoms. The van der Waals surface area contributed by atoms with E-state index in [1.54, 1.807) is 7.11 Å². The molecule has 6 heteroatoms. The highest BCUT2D eigenvalue weighted by Crippen LogP contribution is 2.36. The normalized spacial score (nSPS) is 24.9. The van der Waals surface area contributed by atoms with Gasteiger partial charge >= 0.3 is 0 Å². The number of ether oxygens (including phenoxy) is 1. The summed E-state index contributed by atoms with van der Waals surface area (Å²) in [6, 6.07) is 9.04. The molecule has 0 bridgehead atoms. The molecule has 3 atom stereocenters. The lowest BCUT2D eigenvalue weighted by atomic mass is 9.85. The van der Waals surface area contributed by atoms with Crippen LogP contribution in [0.4, 0.5) is 0 Å². The summed E-state index contributed by atoms with van der Waals surface area (Å²) in [4.78, 5) is 12.7. The second-order valence-electron chi connectivity index (χ2n) is 9.38. The van der Waals surface area contributed by atoms with Gasteiger partial charge in [-0.25, -0.2) is 0 Å². The Morgan fingerprint density at radius 2 is 1.88 bits per heavy atom. The van der Waals surface area contributed by atoms with Crippen LogP contribution in [0, 0.1) is 11.8 Å². The quantitative estimate of drug-likeness (QED) is 0.466. The lowest BCUT2D eigenvalue weighted by Crippen LogP contribution is -2.42. The molecule has 0 radical (unpaired) electrons. The summed E-state index contributed by atoms with van der Waals surface area (Å²) in [6.45, 7) is 15.4. The predicted molar refractivity (Wildman–Crippen MR) is 135 cm³/mol. The molecule has 2 fully saturated rings. The summed E-state index contributed by atoms with van der Waals surface area (Å²) >= 11 is 0. The van der Waals surface area contributed by atoms with Gasteiger partial charge in [-0.1, -0.05) is 26.0 Å². The summed E-state index contributed by atoms with van der Waals surface area (Å²) < 4.78 is 5.37. The number of guanidine groups is 1. The first-order chi connectivity index (χ1) is 15.6. The van der Waals surface area contributed by atoms with Gasteiger partial charge in [0, 0.05) is 38.8 Å². The first kappa shape index (κ1) is 24.8. The SMILES string of the molecule is CCNC(=NCC1CCCN(C)C1c1ccc(OC)cc1)N1CCC(CN(CC)CC)C1. The van der Waals surface area contributed by atoms with Crippen LogP contribution >= 0.6 is 0 Å². The van der Waals surface area contributed by atoms with E-state index in [9.17, 15) is 0 Å². The monoisotopic (exact) mass is 443 g/mol. The maximum atomic E-state index is 5.37. The average molecular weight is 444 g/mol. The minimum Gasteiger partial charge on any atom is -0.497 e. The van der Waals surface area contributed by atoms with E-state index in [-0.39, 0.29) is 0 Å². The highest BCUT2D eigenvalue weighted by Gasteiger charge is 2.31. The van der Waals surface area contributed by atoms with Crippen LogP contribution in [0.3, 0.4) is 0 Å². The number of methoxy groups -OCH3 is 1. The smallest absolute Gasteiger partial charge is 0.193 e. The number of aliphatic imine (C=N–C) groups is 1. The number of likely N-dealkylation sites (tertiary alicyclic amines) is 2. The van der Waals surface area contributed by atoms with E-state index in [1.807, 2.05) is 0 Å². The Balaban J connectivity index is 1.68. The van der Waals surface area contributed by atoms with E-state index in [1.165, 1.54) is 31.4 Å². The zero-order valence-corrected chi connectivity index (χ0v) is 21.0. The third kappa shape index (κ3) is 6.38. The topological polar surface area (TPSA) is 43.3 Å². The molecule has 0 saturated carbocycles. The van der Waals surface area contributed by atoms with Crippen molar-refractivity contribution in [3.05, 3.63) is 29.8 Å². The van der Waals surface area contributed by atoms with Gasteiger partial charge in [-0.3, -0.25) is 9.89 Å². The maximum absolute atomic E-state index is 5.37. The number of nitrogens with zero attached hydrogens (tertiary/aromatic N) is 4. The fourth-order valence-electron chi connectivity index (χ4n) is 5.43. The highest BCUT2D eigenvalue weighted by molar-refractivity contribution is 5.80. The van der Waals surface area contributed by atoms with Crippen molar-refractivity contribution < 1.29 is 4.74 Å². The fourth-order valence-corrected chi connectivity index (χ4v) is 5.43. The largest absolute Gasteiger partial charge is 0.497 e. The number of hydrogen-bond donors (Lipinski definition) is 1. The molecule has 6 nitrogen and oxygen atoms in total. The average Bonchev–Trinajstić information content (AvgIpc) is 3.28. The molecule has 1 N–H and O–H groups in total. The van der Waals surface area contributed by atoms with Gasteiger partial charge in [-0.05, 0) is 82.4 Å². The molecule has 180 valence electrons. The van der Waals surface area contributed by atoms with Gasteiger partial charge in [-0.15, -0.1) is 0 Å². The number of benzene rings is 1. The van der Waals surface area contributed by atoms with Crippen LogP contribution in [-0.4, -0.2) is 87.2 Å². The van der Waals surface area contributed by atoms with E-state index in [2.05, 4.69) is 72.1 Å². The molecule has 2 saturated heterocycles. The summed E-state index contributed by atoms with van der Waals surface area (Å²) in [5.41, 5.74) is 1.37. The third-order valence-corrected chi connectivity index (χ3v) is 7.27. The molecular formula is C26H45N5O. The Morgan fingerprint density at radius 1 is 1.12 bits per heavy atom. The second-order valence-corrected chi connectivity index (χ2v) is 9.38. The van der Waals surface area contributed by atoms with Gasteiger partial charge in [0.1, 0.15) is 5.75 Å². The number of piperidine rings is 1. The van der Waals surface area contributed by atoms with E-state index in [4.69, 9.17) is 9.73 Å². The molecule has 2 aliphatic heterocycles. The Kier molecular flexibility index (Phi) is 9.67. The fraction of sp³-hybridized carbons (Fsp3) is 0.731. The molecule has 2 aliphatic rings. The number of rotatable bonds is 9. The van der Waals surface area contributed by atoms with Crippen LogP contribution in [0.2, 0.25) is 0 Å². The van der Waals surface area contributed by atoms with E-state index < -0.39 is 0 Å². The van der Waals surface area contributed by atoms with Crippen LogP contribution in [0.1, 0.15) is 51.6 Å². The molecule has 0 spiro atoms. The van der Waals surface area contributed by atoms with Crippen molar-refractivity contribution in [3.63, 3.8) is 0 Å². The summed E-state index contributed by atoms with van der Waals surface area (Å²) in [5, 5.41) is 3.58. The van der Waals surface area contributed by atoms with Crippen molar-refractivity contribution in [2.45, 2.75) is 46.1 Å². The van der Waals surface area contributed by atoms with Crippen LogP contribution < -0.4 is 10.1 Å². The first-order valence-electron chi connectivity index (χ1n) is 12.7. The third-order valence-electron chi connectivity index (χ3n) is 7.27. The molecule has 0 aromatic heterocycles. The Hall–Kier alpha value is -1.79. The van der Waals surface area contributed by atoms with Gasteiger partial charge in [0.15, 0.2) is 5.96 Å². The lowest BCUT2D eigenvalue weighted by Gasteiger charge is -2.39. The van der Waals surface area contributed by atoms with Crippen LogP contribution in [0.25, 0.3) is 0 Å². The van der Waals surface area contributed by atoms with Gasteiger partial charge in [0.05, 0.1) is 7.11 Å². The second kappa shape index (κ2) is 12.4. The molecule has 2 heterocycles. The Bertz CT molecular complexity index is 703. The first-order valence-corrected chi connectivity index (χ1v) is 12.7. The number of hydrogen-bond acceptors (Lipinski definition) is 4. The lowest BCUT2D eigenvalue weighted by molar-refractivity contribution is 0.125. The molecule has 3 rings (SSSR count). The van der Waals surface area contributed by atoms with Crippen molar-refractivity contribution in [2.75, 3.05) is 66.5 Å². The van der Waals surface area contributed by atoms with Crippen LogP contribution in [0.5, 0.6) is 5.75 Å². The van der Waals surface area contributed by atoms with Gasteiger partial charge in [0.2, 0.25) is 0 Å². The van der Waals surface area contributed by atoms with Crippen molar-refractivity contribution >= 4 is 5.96 Å². The van der Waals surface area contributed by atoms with Gasteiger partial charge in [0.25, 0.3) is 0 Å². The van der Waals surface area contributed by atoms with Gasteiger partial charge in [-0.2, -0.15) is 0 Å². The molecule has 1 aromatic rings. The zero-order chi connectivity index (χ0) is 22.9. The molecular weight excluding hydrogens is 398 g/mol. The van der Waals surface area contributed by atoms with Gasteiger partial charge < -0.3 is 19.9 Å². The summed E-state index contributed by atoms with van der Waals surface area (Å²) in [7, 11) is 3.99. The number of nitrogens with one attached hydrogen (secondary N) is 1. The van der Waals surface area contributed by atoms with Crippen molar-refractivity contribution in [1.29, 1.82) is 0 Å². The molecule has 0 amide bonds. The van der Waals surface area contributed by atoms with Crippen molar-refractivity contribution in [1.82, 2.24) is 20.0 Å². The van der Waals surface area contributed by atoms with Crippen molar-refractivity contribution in [2.24, 2.45) is 16.8 Å². The van der Waals surface area contributed by atoms with E-state index >= 15 is 0 Å². The van der Waals surface area contributed by atoms with E-state index in [0.717, 1.165) is 63.4 Å². The predicted octanol–water partition coefficient (Wildman–Crippen LogP) is 3.71. The van der Waals surface area contributed by atoms with Crippen molar-refractivity contribution in [3.8, 4) is 5.75 Å². The van der Waals surface area contributed by atoms with E-state index in [0.29, 0.717) is 12.0 Å². The summed E-state index contributed by atoms with van der Waals surface area (Å²) in [5.74, 6) is 3.30. The standard InChI is InChI=1S/C26H45N5O/c1-6-27-26(31-17-15-21(20-31)19-30(7-2)8-3)28-18-23-10-9-16-29(4)25(23)22-11-13-24(32-5)14-12-22/h11-14,21,23,25H,6-10,15-20H2,1-5H3,(H,27,28). The maximum Gasteiger partial charge on any atom is 0.193 e. The zero-order valence-electron chi connectivity index (χ0n) is 21.0. The highest BCUT2D eigenvalue weighted by atomic mass is 16.5. The minimum atomic E-state index is 0.412. The Labute approximate surface area is 196 Å². The van der Waals surface area contributed by atoms with Crippen LogP contribution in [-0.2, 0) is 0 Å². The molecule has 3 unspecified atom stereocenters. The molecule has 0 aliphatic carbocycles. The Morgan fingerprint density at radius 3 is 2.53 bits per heavy atom. The van der Waals surface area contributed by atoms with Crippen LogP contribution in [0.15, 0.2) is 29.3 Å².